The fourth-order valence-corrected chi connectivity index (χ4v) is 2.53. The summed E-state index contributed by atoms with van der Waals surface area (Å²) < 4.78 is 11.3. The van der Waals surface area contributed by atoms with E-state index in [-0.39, 0.29) is 5.91 Å². The number of nitrogens with zero attached hydrogens (tertiary/aromatic N) is 2. The van der Waals surface area contributed by atoms with Gasteiger partial charge in [0.1, 0.15) is 11.5 Å². The van der Waals surface area contributed by atoms with E-state index in [0.717, 1.165) is 29.8 Å². The van der Waals surface area contributed by atoms with Crippen LogP contribution in [-0.2, 0) is 4.79 Å². The molecule has 0 saturated heterocycles. The molecule has 0 aliphatic heterocycles. The molecule has 0 aliphatic carbocycles. The molecule has 0 spiro atoms. The molecule has 0 aliphatic rings. The molecule has 2 rings (SSSR count). The molecule has 0 heterocycles. The predicted octanol–water partition coefficient (Wildman–Crippen LogP) is 4.24. The second-order valence-corrected chi connectivity index (χ2v) is 7.01. The maximum absolute atomic E-state index is 12.2. The Labute approximate surface area is 173 Å². The summed E-state index contributed by atoms with van der Waals surface area (Å²) in [5.74, 6) is 1.10. The molecule has 1 amide bonds. The minimum Gasteiger partial charge on any atom is -0.494 e. The topological polar surface area (TPSA) is 63.2 Å². The number of carbonyl (C=O) groups is 1. The van der Waals surface area contributed by atoms with E-state index in [4.69, 9.17) is 9.47 Å². The molecular formula is C23H31N3O3. The number of hydrogen-bond acceptors (Lipinski definition) is 5. The number of benzene rings is 2. The van der Waals surface area contributed by atoms with E-state index < -0.39 is 6.10 Å². The van der Waals surface area contributed by atoms with Crippen LogP contribution in [0.1, 0.15) is 38.7 Å². The van der Waals surface area contributed by atoms with Crippen molar-refractivity contribution >= 4 is 17.8 Å². The Morgan fingerprint density at radius 3 is 2.34 bits per heavy atom. The van der Waals surface area contributed by atoms with Crippen molar-refractivity contribution in [1.29, 1.82) is 0 Å². The lowest BCUT2D eigenvalue weighted by Gasteiger charge is -2.13. The maximum Gasteiger partial charge on any atom is 0.280 e. The summed E-state index contributed by atoms with van der Waals surface area (Å²) in [5, 5.41) is 4.00. The van der Waals surface area contributed by atoms with Crippen LogP contribution in [0.15, 0.2) is 53.6 Å². The minimum absolute atomic E-state index is 0.314. The standard InChI is InChI=1S/C23H31N3O3/c1-5-6-7-16-28-21-12-14-22(15-13-21)29-18(2)23(27)25-24-17-19-8-10-20(11-9-19)26(3)4/h8-15,17-18H,5-7,16H2,1-4H3,(H,25,27)/b24-17+. The molecule has 6 nitrogen and oxygen atoms in total. The molecule has 1 unspecified atom stereocenters. The molecule has 2 aromatic carbocycles. The number of hydrogen-bond donors (Lipinski definition) is 1. The van der Waals surface area contributed by atoms with E-state index in [0.29, 0.717) is 12.4 Å². The van der Waals surface area contributed by atoms with Gasteiger partial charge in [-0.1, -0.05) is 31.9 Å². The lowest BCUT2D eigenvalue weighted by molar-refractivity contribution is -0.127. The molecule has 6 heteroatoms. The van der Waals surface area contributed by atoms with Crippen LogP contribution in [0.5, 0.6) is 11.5 Å². The lowest BCUT2D eigenvalue weighted by atomic mass is 10.2. The van der Waals surface area contributed by atoms with E-state index in [1.807, 2.05) is 55.4 Å². The maximum atomic E-state index is 12.2. The summed E-state index contributed by atoms with van der Waals surface area (Å²) in [5.41, 5.74) is 4.51. The van der Waals surface area contributed by atoms with Gasteiger partial charge in [-0.15, -0.1) is 0 Å². The second-order valence-electron chi connectivity index (χ2n) is 7.01. The number of rotatable bonds is 11. The van der Waals surface area contributed by atoms with Crippen molar-refractivity contribution in [3.8, 4) is 11.5 Å². The van der Waals surface area contributed by atoms with Gasteiger partial charge in [0.2, 0.25) is 0 Å². The smallest absolute Gasteiger partial charge is 0.280 e. The minimum atomic E-state index is -0.667. The zero-order valence-corrected chi connectivity index (χ0v) is 17.7. The van der Waals surface area contributed by atoms with E-state index in [1.54, 1.807) is 25.3 Å². The zero-order chi connectivity index (χ0) is 21.1. The number of unbranched alkanes of at least 4 members (excludes halogenated alkanes) is 2. The first-order valence-electron chi connectivity index (χ1n) is 9.99. The van der Waals surface area contributed by atoms with E-state index in [9.17, 15) is 4.79 Å². The first kappa shape index (κ1) is 22.3. The second kappa shape index (κ2) is 11.7. The summed E-state index contributed by atoms with van der Waals surface area (Å²) in [4.78, 5) is 14.2. The zero-order valence-electron chi connectivity index (χ0n) is 17.7. The Morgan fingerprint density at radius 1 is 1.07 bits per heavy atom. The van der Waals surface area contributed by atoms with Crippen molar-refractivity contribution in [3.63, 3.8) is 0 Å². The van der Waals surface area contributed by atoms with Gasteiger partial charge in [0.05, 0.1) is 12.8 Å². The largest absolute Gasteiger partial charge is 0.494 e. The molecule has 156 valence electrons. The first-order chi connectivity index (χ1) is 14.0. The summed E-state index contributed by atoms with van der Waals surface area (Å²) in [6, 6.07) is 15.2. The van der Waals surface area contributed by atoms with Gasteiger partial charge in [0.15, 0.2) is 6.10 Å². The van der Waals surface area contributed by atoms with E-state index in [2.05, 4.69) is 17.5 Å². The highest BCUT2D eigenvalue weighted by Crippen LogP contribution is 2.19. The van der Waals surface area contributed by atoms with Crippen LogP contribution in [0, 0.1) is 0 Å². The highest BCUT2D eigenvalue weighted by molar-refractivity contribution is 5.84. The molecule has 2 aromatic rings. The molecule has 0 fully saturated rings. The van der Waals surface area contributed by atoms with Crippen LogP contribution in [0.2, 0.25) is 0 Å². The Hall–Kier alpha value is -3.02. The quantitative estimate of drug-likeness (QED) is 0.350. The highest BCUT2D eigenvalue weighted by Gasteiger charge is 2.13. The van der Waals surface area contributed by atoms with Crippen molar-refractivity contribution in [2.24, 2.45) is 5.10 Å². The Bertz CT molecular complexity index is 771. The van der Waals surface area contributed by atoms with Crippen molar-refractivity contribution in [1.82, 2.24) is 5.43 Å². The van der Waals surface area contributed by atoms with Crippen molar-refractivity contribution in [2.45, 2.75) is 39.2 Å². The molecule has 0 radical (unpaired) electrons. The molecule has 1 N–H and O–H groups in total. The van der Waals surface area contributed by atoms with Gasteiger partial charge in [-0.2, -0.15) is 5.10 Å². The SMILES string of the molecule is CCCCCOc1ccc(OC(C)C(=O)N/N=C/c2ccc(N(C)C)cc2)cc1. The average molecular weight is 398 g/mol. The van der Waals surface area contributed by atoms with Gasteiger partial charge >= 0.3 is 0 Å². The van der Waals surface area contributed by atoms with Gasteiger partial charge in [-0.3, -0.25) is 4.79 Å². The number of amides is 1. The molecular weight excluding hydrogens is 366 g/mol. The number of nitrogens with one attached hydrogen (secondary N) is 1. The van der Waals surface area contributed by atoms with Gasteiger partial charge < -0.3 is 14.4 Å². The van der Waals surface area contributed by atoms with Crippen LogP contribution in [0.25, 0.3) is 0 Å². The predicted molar refractivity (Wildman–Crippen MR) is 118 cm³/mol. The fraction of sp³-hybridized carbons (Fsp3) is 0.391. The number of hydrazone groups is 1. The third-order valence-corrected chi connectivity index (χ3v) is 4.32. The normalized spacial score (nSPS) is 11.9. The van der Waals surface area contributed by atoms with Crippen LogP contribution in [0.4, 0.5) is 5.69 Å². The first-order valence-corrected chi connectivity index (χ1v) is 9.99. The molecule has 29 heavy (non-hydrogen) atoms. The van der Waals surface area contributed by atoms with Crippen molar-refractivity contribution in [2.75, 3.05) is 25.6 Å². The third kappa shape index (κ3) is 7.86. The monoisotopic (exact) mass is 397 g/mol. The molecule has 0 bridgehead atoms. The average Bonchev–Trinajstić information content (AvgIpc) is 2.72. The fourth-order valence-electron chi connectivity index (χ4n) is 2.53. The van der Waals surface area contributed by atoms with Crippen LogP contribution < -0.4 is 19.8 Å². The van der Waals surface area contributed by atoms with Crippen molar-refractivity contribution < 1.29 is 14.3 Å². The summed E-state index contributed by atoms with van der Waals surface area (Å²) in [7, 11) is 3.97. The van der Waals surface area contributed by atoms with Gasteiger partial charge in [-0.25, -0.2) is 5.43 Å². The molecule has 0 saturated carbocycles. The Balaban J connectivity index is 1.78. The van der Waals surface area contributed by atoms with Crippen LogP contribution >= 0.6 is 0 Å². The molecule has 0 aromatic heterocycles. The third-order valence-electron chi connectivity index (χ3n) is 4.32. The van der Waals surface area contributed by atoms with Gasteiger partial charge in [0.25, 0.3) is 5.91 Å². The summed E-state index contributed by atoms with van der Waals surface area (Å²) in [6.07, 6.45) is 4.32. The van der Waals surface area contributed by atoms with Gasteiger partial charge in [0, 0.05) is 19.8 Å². The van der Waals surface area contributed by atoms with Crippen molar-refractivity contribution in [3.05, 3.63) is 54.1 Å². The number of carbonyl (C=O) groups excluding carboxylic acids is 1. The van der Waals surface area contributed by atoms with Crippen LogP contribution in [0.3, 0.4) is 0 Å². The number of anilines is 1. The Morgan fingerprint density at radius 2 is 1.72 bits per heavy atom. The summed E-state index contributed by atoms with van der Waals surface area (Å²) in [6.45, 7) is 4.56. The molecule has 1 atom stereocenters. The van der Waals surface area contributed by atoms with Gasteiger partial charge in [-0.05, 0) is 55.3 Å². The van der Waals surface area contributed by atoms with E-state index in [1.165, 1.54) is 6.42 Å². The number of ether oxygens (including phenoxy) is 2. The lowest BCUT2D eigenvalue weighted by Crippen LogP contribution is -2.33. The highest BCUT2D eigenvalue weighted by atomic mass is 16.5. The Kier molecular flexibility index (Phi) is 9.02. The summed E-state index contributed by atoms with van der Waals surface area (Å²) >= 11 is 0. The van der Waals surface area contributed by atoms with Crippen LogP contribution in [-0.4, -0.2) is 38.9 Å². The van der Waals surface area contributed by atoms with E-state index >= 15 is 0 Å².